The fourth-order valence-corrected chi connectivity index (χ4v) is 2.16. The lowest BCUT2D eigenvalue weighted by molar-refractivity contribution is 1.16. The van der Waals surface area contributed by atoms with Crippen LogP contribution in [0.2, 0.25) is 10.3 Å². The highest BCUT2D eigenvalue weighted by molar-refractivity contribution is 6.36. The first-order valence-electron chi connectivity index (χ1n) is 6.35. The van der Waals surface area contributed by atoms with Crippen molar-refractivity contribution in [3.8, 4) is 11.3 Å². The Kier molecular flexibility index (Phi) is 4.88. The Morgan fingerprint density at radius 3 is 2.33 bits per heavy atom. The van der Waals surface area contributed by atoms with E-state index in [1.807, 2.05) is 26.0 Å². The number of benzene rings is 1. The van der Waals surface area contributed by atoms with Gasteiger partial charge >= 0.3 is 0 Å². The average molecular weight is 322 g/mol. The Balaban J connectivity index is 0.000000774. The van der Waals surface area contributed by atoms with E-state index in [4.69, 9.17) is 28.9 Å². The van der Waals surface area contributed by atoms with E-state index in [-0.39, 0.29) is 11.2 Å². The van der Waals surface area contributed by atoms with Gasteiger partial charge in [-0.15, -0.1) is 0 Å². The third-order valence-corrected chi connectivity index (χ3v) is 3.07. The van der Waals surface area contributed by atoms with E-state index in [0.717, 1.165) is 5.39 Å². The number of aromatic nitrogens is 4. The van der Waals surface area contributed by atoms with E-state index in [1.54, 1.807) is 18.5 Å². The molecule has 3 rings (SSSR count). The van der Waals surface area contributed by atoms with Crippen LogP contribution in [-0.2, 0) is 0 Å². The molecule has 5 nitrogen and oxygen atoms in total. The molecule has 0 atom stereocenters. The van der Waals surface area contributed by atoms with E-state index in [9.17, 15) is 0 Å². The highest BCUT2D eigenvalue weighted by atomic mass is 35.5. The van der Waals surface area contributed by atoms with Gasteiger partial charge < -0.3 is 5.73 Å². The first kappa shape index (κ1) is 15.4. The van der Waals surface area contributed by atoms with E-state index in [2.05, 4.69) is 19.9 Å². The second-order valence-corrected chi connectivity index (χ2v) is 4.55. The van der Waals surface area contributed by atoms with E-state index in [0.29, 0.717) is 21.8 Å². The van der Waals surface area contributed by atoms with Gasteiger partial charge in [-0.1, -0.05) is 37.6 Å². The molecule has 2 heterocycles. The second kappa shape index (κ2) is 6.65. The van der Waals surface area contributed by atoms with Crippen molar-refractivity contribution >= 4 is 40.1 Å². The maximum atomic E-state index is 6.11. The molecule has 2 N–H and O–H groups in total. The molecule has 21 heavy (non-hydrogen) atoms. The third-order valence-electron chi connectivity index (χ3n) is 2.60. The lowest BCUT2D eigenvalue weighted by Gasteiger charge is -2.06. The van der Waals surface area contributed by atoms with Crippen molar-refractivity contribution in [1.29, 1.82) is 0 Å². The van der Waals surface area contributed by atoms with Crippen molar-refractivity contribution in [3.05, 3.63) is 40.9 Å². The van der Waals surface area contributed by atoms with Crippen molar-refractivity contribution in [2.75, 3.05) is 5.73 Å². The van der Waals surface area contributed by atoms with Crippen LogP contribution in [0.4, 0.5) is 5.95 Å². The molecule has 3 aromatic rings. The zero-order valence-corrected chi connectivity index (χ0v) is 13.0. The molecule has 0 amide bonds. The Morgan fingerprint density at radius 1 is 1.00 bits per heavy atom. The average Bonchev–Trinajstić information content (AvgIpc) is 2.50. The van der Waals surface area contributed by atoms with Crippen LogP contribution in [0.15, 0.2) is 30.6 Å². The molecule has 0 unspecified atom stereocenters. The van der Waals surface area contributed by atoms with Crippen molar-refractivity contribution in [1.82, 2.24) is 19.9 Å². The van der Waals surface area contributed by atoms with Crippen molar-refractivity contribution in [2.24, 2.45) is 0 Å². The maximum absolute atomic E-state index is 6.11. The van der Waals surface area contributed by atoms with Crippen LogP contribution in [0.3, 0.4) is 0 Å². The first-order chi connectivity index (χ1) is 10.1. The molecule has 0 aliphatic carbocycles. The Labute approximate surface area is 132 Å². The molecular weight excluding hydrogens is 309 g/mol. The Bertz CT molecular complexity index is 759. The van der Waals surface area contributed by atoms with Gasteiger partial charge in [0.05, 0.1) is 16.2 Å². The summed E-state index contributed by atoms with van der Waals surface area (Å²) < 4.78 is 0. The first-order valence-corrected chi connectivity index (χ1v) is 7.10. The third kappa shape index (κ3) is 3.20. The summed E-state index contributed by atoms with van der Waals surface area (Å²) in [6.45, 7) is 4.00. The lowest BCUT2D eigenvalue weighted by atomic mass is 10.1. The number of nitrogen functional groups attached to an aromatic ring is 1. The summed E-state index contributed by atoms with van der Waals surface area (Å²) in [7, 11) is 0. The number of nitrogens with zero attached hydrogens (tertiary/aromatic N) is 4. The number of halogens is 2. The van der Waals surface area contributed by atoms with Gasteiger partial charge in [0, 0.05) is 23.3 Å². The van der Waals surface area contributed by atoms with Gasteiger partial charge in [-0.2, -0.15) is 0 Å². The standard InChI is InChI=1S/C12H7Cl2N5.C2H6/c13-8-3-1-2-7-9(18-11(14)19-10(7)8)6-4-16-12(15)17-5-6;1-2/h1-5H,(H2,15,16,17);1-2H3. The fourth-order valence-electron chi connectivity index (χ4n) is 1.77. The van der Waals surface area contributed by atoms with Crippen LogP contribution in [0.1, 0.15) is 13.8 Å². The van der Waals surface area contributed by atoms with Gasteiger partial charge in [0.15, 0.2) is 0 Å². The van der Waals surface area contributed by atoms with Crippen LogP contribution in [0, 0.1) is 0 Å². The van der Waals surface area contributed by atoms with Crippen molar-refractivity contribution < 1.29 is 0 Å². The number of anilines is 1. The summed E-state index contributed by atoms with van der Waals surface area (Å²) in [4.78, 5) is 16.2. The number of para-hydroxylation sites is 1. The molecule has 0 spiro atoms. The Morgan fingerprint density at radius 2 is 1.67 bits per heavy atom. The maximum Gasteiger partial charge on any atom is 0.223 e. The summed E-state index contributed by atoms with van der Waals surface area (Å²) in [5, 5.41) is 1.41. The molecule has 0 radical (unpaired) electrons. The summed E-state index contributed by atoms with van der Waals surface area (Å²) in [6, 6.07) is 5.43. The molecule has 2 aromatic heterocycles. The van der Waals surface area contributed by atoms with E-state index in [1.165, 1.54) is 0 Å². The normalized spacial score (nSPS) is 10.1. The summed E-state index contributed by atoms with van der Waals surface area (Å²) in [6.07, 6.45) is 3.17. The minimum atomic E-state index is 0.118. The number of hydrogen-bond acceptors (Lipinski definition) is 5. The van der Waals surface area contributed by atoms with Gasteiger partial charge in [0.1, 0.15) is 0 Å². The Hall–Kier alpha value is -1.98. The SMILES string of the molecule is CC.Nc1ncc(-c2nc(Cl)nc3c(Cl)cccc23)cn1. The van der Waals surface area contributed by atoms with Crippen LogP contribution < -0.4 is 5.73 Å². The van der Waals surface area contributed by atoms with Gasteiger partial charge in [0.25, 0.3) is 0 Å². The molecule has 0 aliphatic rings. The number of hydrogen-bond donors (Lipinski definition) is 1. The van der Waals surface area contributed by atoms with Gasteiger partial charge in [-0.3, -0.25) is 0 Å². The van der Waals surface area contributed by atoms with Crippen molar-refractivity contribution in [2.45, 2.75) is 13.8 Å². The molecule has 0 saturated heterocycles. The largest absolute Gasteiger partial charge is 0.368 e. The van der Waals surface area contributed by atoms with Gasteiger partial charge in [-0.05, 0) is 17.7 Å². The zero-order valence-electron chi connectivity index (χ0n) is 11.5. The molecule has 7 heteroatoms. The monoisotopic (exact) mass is 321 g/mol. The van der Waals surface area contributed by atoms with Crippen LogP contribution in [0.5, 0.6) is 0 Å². The van der Waals surface area contributed by atoms with Crippen LogP contribution in [-0.4, -0.2) is 19.9 Å². The predicted octanol–water partition coefficient (Wildman–Crippen LogP) is 4.00. The smallest absolute Gasteiger partial charge is 0.223 e. The fraction of sp³-hybridized carbons (Fsp3) is 0.143. The van der Waals surface area contributed by atoms with Gasteiger partial charge in [-0.25, -0.2) is 19.9 Å². The highest BCUT2D eigenvalue weighted by Gasteiger charge is 2.11. The zero-order chi connectivity index (χ0) is 15.4. The summed E-state index contributed by atoms with van der Waals surface area (Å²) >= 11 is 12.0. The molecule has 1 aromatic carbocycles. The topological polar surface area (TPSA) is 77.6 Å². The molecule has 0 aliphatic heterocycles. The second-order valence-electron chi connectivity index (χ2n) is 3.81. The van der Waals surface area contributed by atoms with E-state index >= 15 is 0 Å². The number of rotatable bonds is 1. The molecule has 0 fully saturated rings. The minimum absolute atomic E-state index is 0.118. The lowest BCUT2D eigenvalue weighted by Crippen LogP contribution is -1.96. The molecule has 0 bridgehead atoms. The van der Waals surface area contributed by atoms with Crippen molar-refractivity contribution in [3.63, 3.8) is 0 Å². The minimum Gasteiger partial charge on any atom is -0.368 e. The molecule has 108 valence electrons. The predicted molar refractivity (Wildman–Crippen MR) is 86.3 cm³/mol. The number of nitrogens with two attached hydrogens (primary N) is 1. The molecule has 0 saturated carbocycles. The van der Waals surface area contributed by atoms with Crippen LogP contribution >= 0.6 is 23.2 Å². The summed E-state index contributed by atoms with van der Waals surface area (Å²) in [5.74, 6) is 0.200. The quantitative estimate of drug-likeness (QED) is 0.685. The van der Waals surface area contributed by atoms with E-state index < -0.39 is 0 Å². The number of fused-ring (bicyclic) bond motifs is 1. The summed E-state index contributed by atoms with van der Waals surface area (Å²) in [5.41, 5.74) is 7.39. The highest BCUT2D eigenvalue weighted by Crippen LogP contribution is 2.30. The van der Waals surface area contributed by atoms with Gasteiger partial charge in [0.2, 0.25) is 11.2 Å². The van der Waals surface area contributed by atoms with Crippen LogP contribution in [0.25, 0.3) is 22.2 Å². The molecular formula is C14H13Cl2N5.